The third-order valence-corrected chi connectivity index (χ3v) is 2.00. The van der Waals surface area contributed by atoms with E-state index in [4.69, 9.17) is 4.74 Å². The quantitative estimate of drug-likeness (QED) is 0.658. The molecule has 0 bridgehead atoms. The Morgan fingerprint density at radius 1 is 1.20 bits per heavy atom. The van der Waals surface area contributed by atoms with Crippen LogP contribution in [0.5, 0.6) is 5.75 Å². The number of hydrogen-bond acceptors (Lipinski definition) is 2. The van der Waals surface area contributed by atoms with Crippen LogP contribution >= 0.6 is 0 Å². The van der Waals surface area contributed by atoms with Crippen LogP contribution in [-0.4, -0.2) is 24.8 Å². The Bertz CT molecular complexity index is 447. The van der Waals surface area contributed by atoms with Crippen LogP contribution in [0.25, 0.3) is 0 Å². The minimum atomic E-state index is 0.162. The van der Waals surface area contributed by atoms with Gasteiger partial charge in [0.2, 0.25) is 5.96 Å². The second-order valence-electron chi connectivity index (χ2n) is 4.43. The molecule has 0 aliphatic rings. The average Bonchev–Trinajstić information content (AvgIpc) is 2.39. The lowest BCUT2D eigenvalue weighted by Gasteiger charge is -2.11. The van der Waals surface area contributed by atoms with Gasteiger partial charge in [-0.15, -0.1) is 0 Å². The number of nitrogens with one attached hydrogen (secondary N) is 1. The summed E-state index contributed by atoms with van der Waals surface area (Å²) < 4.78 is 5.64. The first-order valence-corrected chi connectivity index (χ1v) is 7.03. The first-order chi connectivity index (χ1) is 9.51. The SMILES string of the molecule is CC.CN=C(N=C(C)C)Nc1cccc(OC(C)C)c1. The number of guanidine groups is 1. The highest BCUT2D eigenvalue weighted by atomic mass is 16.5. The lowest BCUT2D eigenvalue weighted by atomic mass is 10.3. The van der Waals surface area contributed by atoms with Crippen LogP contribution in [0.2, 0.25) is 0 Å². The second-order valence-corrected chi connectivity index (χ2v) is 4.43. The fraction of sp³-hybridized carbons (Fsp3) is 0.500. The maximum Gasteiger partial charge on any atom is 0.222 e. The van der Waals surface area contributed by atoms with Crippen molar-refractivity contribution in [1.82, 2.24) is 0 Å². The van der Waals surface area contributed by atoms with Crippen LogP contribution in [0.1, 0.15) is 41.5 Å². The van der Waals surface area contributed by atoms with Crippen molar-refractivity contribution in [3.8, 4) is 5.75 Å². The van der Waals surface area contributed by atoms with Gasteiger partial charge < -0.3 is 10.1 Å². The maximum absolute atomic E-state index is 5.64. The Hall–Kier alpha value is -1.84. The fourth-order valence-electron chi connectivity index (χ4n) is 1.39. The van der Waals surface area contributed by atoms with Gasteiger partial charge >= 0.3 is 0 Å². The molecule has 0 fully saturated rings. The molecule has 0 aliphatic carbocycles. The molecule has 0 saturated heterocycles. The lowest BCUT2D eigenvalue weighted by molar-refractivity contribution is 0.242. The number of anilines is 1. The van der Waals surface area contributed by atoms with Crippen LogP contribution in [0.3, 0.4) is 0 Å². The molecule has 1 aromatic rings. The van der Waals surface area contributed by atoms with Crippen LogP contribution in [0.4, 0.5) is 5.69 Å². The van der Waals surface area contributed by atoms with Gasteiger partial charge in [-0.05, 0) is 39.8 Å². The molecule has 0 radical (unpaired) electrons. The van der Waals surface area contributed by atoms with Gasteiger partial charge in [0.1, 0.15) is 5.75 Å². The summed E-state index contributed by atoms with van der Waals surface area (Å²) in [6.07, 6.45) is 0.162. The number of aliphatic imine (C=N–C) groups is 2. The molecule has 4 nitrogen and oxygen atoms in total. The van der Waals surface area contributed by atoms with Crippen molar-refractivity contribution in [2.75, 3.05) is 12.4 Å². The van der Waals surface area contributed by atoms with E-state index in [-0.39, 0.29) is 6.10 Å². The number of ether oxygens (including phenoxy) is 1. The van der Waals surface area contributed by atoms with Gasteiger partial charge in [0, 0.05) is 24.5 Å². The zero-order valence-corrected chi connectivity index (χ0v) is 13.7. The summed E-state index contributed by atoms with van der Waals surface area (Å²) in [6.45, 7) is 11.9. The predicted molar refractivity (Wildman–Crippen MR) is 89.3 cm³/mol. The van der Waals surface area contributed by atoms with Gasteiger partial charge in [-0.1, -0.05) is 19.9 Å². The second kappa shape index (κ2) is 10.0. The number of benzene rings is 1. The number of nitrogens with zero attached hydrogens (tertiary/aromatic N) is 2. The van der Waals surface area contributed by atoms with Crippen LogP contribution in [0, 0.1) is 0 Å². The Morgan fingerprint density at radius 3 is 2.35 bits per heavy atom. The molecule has 1 N–H and O–H groups in total. The van der Waals surface area contributed by atoms with E-state index >= 15 is 0 Å². The van der Waals surface area contributed by atoms with Crippen molar-refractivity contribution in [2.24, 2.45) is 9.98 Å². The summed E-state index contributed by atoms with van der Waals surface area (Å²) in [6, 6.07) is 7.77. The van der Waals surface area contributed by atoms with E-state index < -0.39 is 0 Å². The van der Waals surface area contributed by atoms with E-state index in [0.29, 0.717) is 5.96 Å². The molecule has 20 heavy (non-hydrogen) atoms. The van der Waals surface area contributed by atoms with Crippen LogP contribution in [0.15, 0.2) is 34.3 Å². The zero-order valence-electron chi connectivity index (χ0n) is 13.7. The molecule has 0 aromatic heterocycles. The average molecular weight is 277 g/mol. The Labute approximate surface area is 123 Å². The largest absolute Gasteiger partial charge is 0.491 e. The summed E-state index contributed by atoms with van der Waals surface area (Å²) in [4.78, 5) is 8.39. The van der Waals surface area contributed by atoms with Crippen molar-refractivity contribution >= 4 is 17.4 Å². The van der Waals surface area contributed by atoms with Crippen LogP contribution in [-0.2, 0) is 0 Å². The van der Waals surface area contributed by atoms with Crippen molar-refractivity contribution in [3.05, 3.63) is 24.3 Å². The zero-order chi connectivity index (χ0) is 15.5. The molecular weight excluding hydrogens is 250 g/mol. The highest BCUT2D eigenvalue weighted by Crippen LogP contribution is 2.18. The highest BCUT2D eigenvalue weighted by molar-refractivity contribution is 6.02. The smallest absolute Gasteiger partial charge is 0.222 e. The molecule has 0 heterocycles. The summed E-state index contributed by atoms with van der Waals surface area (Å²) >= 11 is 0. The highest BCUT2D eigenvalue weighted by Gasteiger charge is 2.01. The minimum absolute atomic E-state index is 0.162. The monoisotopic (exact) mass is 277 g/mol. The van der Waals surface area contributed by atoms with E-state index in [1.54, 1.807) is 7.05 Å². The molecule has 1 rings (SSSR count). The van der Waals surface area contributed by atoms with Gasteiger partial charge in [-0.2, -0.15) is 0 Å². The van der Waals surface area contributed by atoms with Crippen molar-refractivity contribution < 1.29 is 4.74 Å². The minimum Gasteiger partial charge on any atom is -0.491 e. The van der Waals surface area contributed by atoms with Crippen LogP contribution < -0.4 is 10.1 Å². The predicted octanol–water partition coefficient (Wildman–Crippen LogP) is 4.38. The van der Waals surface area contributed by atoms with Crippen molar-refractivity contribution in [3.63, 3.8) is 0 Å². The van der Waals surface area contributed by atoms with Crippen molar-refractivity contribution in [2.45, 2.75) is 47.6 Å². The maximum atomic E-state index is 5.64. The molecule has 0 saturated carbocycles. The third-order valence-electron chi connectivity index (χ3n) is 2.00. The van der Waals surface area contributed by atoms with Gasteiger partial charge in [0.05, 0.1) is 6.10 Å². The molecule has 4 heteroatoms. The van der Waals surface area contributed by atoms with Gasteiger partial charge in [-0.25, -0.2) is 4.99 Å². The van der Waals surface area contributed by atoms with E-state index in [1.807, 2.05) is 65.8 Å². The number of hydrogen-bond donors (Lipinski definition) is 1. The first-order valence-electron chi connectivity index (χ1n) is 7.03. The van der Waals surface area contributed by atoms with E-state index in [9.17, 15) is 0 Å². The summed E-state index contributed by atoms with van der Waals surface area (Å²) in [7, 11) is 1.71. The first kappa shape index (κ1) is 18.2. The molecule has 0 amide bonds. The summed E-state index contributed by atoms with van der Waals surface area (Å²) in [5.41, 5.74) is 1.87. The topological polar surface area (TPSA) is 46.0 Å². The fourth-order valence-corrected chi connectivity index (χ4v) is 1.39. The van der Waals surface area contributed by atoms with Gasteiger partial charge in [-0.3, -0.25) is 4.99 Å². The van der Waals surface area contributed by atoms with E-state index in [2.05, 4.69) is 15.3 Å². The Kier molecular flexibility index (Phi) is 9.09. The Balaban J connectivity index is 0.00000172. The Morgan fingerprint density at radius 2 is 1.85 bits per heavy atom. The molecule has 112 valence electrons. The summed E-state index contributed by atoms with van der Waals surface area (Å²) in [5.74, 6) is 1.43. The molecule has 0 spiro atoms. The molecule has 0 atom stereocenters. The standard InChI is InChI=1S/C14H21N3O.C2H6/c1-10(2)16-14(15-5)17-12-7-6-8-13(9-12)18-11(3)4;1-2/h6-9,11H,1-5H3,(H,15,17);1-2H3. The lowest BCUT2D eigenvalue weighted by Crippen LogP contribution is -2.11. The molecule has 0 aliphatic heterocycles. The van der Waals surface area contributed by atoms with Crippen molar-refractivity contribution in [1.29, 1.82) is 0 Å². The van der Waals surface area contributed by atoms with Gasteiger partial charge in [0.15, 0.2) is 0 Å². The van der Waals surface area contributed by atoms with E-state index in [0.717, 1.165) is 17.1 Å². The molecule has 1 aromatic carbocycles. The van der Waals surface area contributed by atoms with E-state index in [1.165, 1.54) is 0 Å². The third kappa shape index (κ3) is 7.56. The molecule has 0 unspecified atom stereocenters. The summed E-state index contributed by atoms with van der Waals surface area (Å²) in [5, 5.41) is 3.16. The van der Waals surface area contributed by atoms with Gasteiger partial charge in [0.25, 0.3) is 0 Å². The number of rotatable bonds is 3. The molecular formula is C16H27N3O. The normalized spacial score (nSPS) is 10.5.